The normalized spacial score (nSPS) is 14.5. The second kappa shape index (κ2) is 74.7. The van der Waals surface area contributed by atoms with Gasteiger partial charge in [-0.15, -0.1) is 0 Å². The second-order valence-electron chi connectivity index (χ2n) is 26.2. The summed E-state index contributed by atoms with van der Waals surface area (Å²) in [5.74, 6) is -2.26. The number of carbonyl (C=O) groups excluding carboxylic acids is 4. The fourth-order valence-electron chi connectivity index (χ4n) is 10.4. The van der Waals surface area contributed by atoms with E-state index in [9.17, 15) is 43.2 Å². The summed E-state index contributed by atoms with van der Waals surface area (Å²) in [5, 5.41) is 10.6. The van der Waals surface area contributed by atoms with E-state index in [1.165, 1.54) is 77.0 Å². The molecule has 0 fully saturated rings. The van der Waals surface area contributed by atoms with Gasteiger partial charge in [-0.25, -0.2) is 9.13 Å². The maximum Gasteiger partial charge on any atom is 0.472 e. The molecule has 0 aromatic carbocycles. The summed E-state index contributed by atoms with van der Waals surface area (Å²) in [6.07, 6.45) is 81.8. The van der Waals surface area contributed by atoms with Crippen molar-refractivity contribution in [2.24, 2.45) is 0 Å². The SMILES string of the molecule is CC/C=C\C/C=C\C/C=C\C/C=C\CCCCCCC(=O)OCC(COP(=O)(O)OCC(O)COP(=O)(O)OCC(COC(=O)CCCC/C=C\C/C=C\C/C=C\C/C=C\CC)OC(=O)CCCCCCC/C=C\CCCCCCCC)OC(=O)CCCCCCC/C=C\CCCCCCCC. The topological polar surface area (TPSA) is 237 Å². The largest absolute Gasteiger partial charge is 0.472 e. The van der Waals surface area contributed by atoms with Gasteiger partial charge in [0.2, 0.25) is 0 Å². The highest BCUT2D eigenvalue weighted by molar-refractivity contribution is 7.47. The minimum Gasteiger partial charge on any atom is -0.462 e. The first-order valence-corrected chi connectivity index (χ1v) is 42.8. The molecule has 0 spiro atoms. The minimum atomic E-state index is -4.99. The standard InChI is InChI=1S/C83H142O17P2/c1-5-9-13-17-21-25-29-33-37-38-42-44-48-52-56-60-64-68-81(86)94-74-79(100-83(88)70-66-62-58-54-50-46-41-36-32-28-24-20-16-12-8-4)76-98-102(91,92)96-72-77(84)71-95-101(89,90)97-75-78(99-82(87)69-65-61-57-53-49-45-40-35-31-27-23-19-15-11-7-3)73-93-80(85)67-63-59-55-51-47-43-39-34-30-26-22-18-14-10-6-2/h9-10,13-14,21-22,25-26,33-37,39-42,44,47,51,77-79,84H,5-8,11-12,15-20,23-24,27-32,38,43,45-46,48-50,52-76H2,1-4H3,(H,89,90)(H,91,92)/b13-9-,14-10-,25-21-,26-22-,37-33-,39-34-,40-35-,41-36-,44-42-,51-47-. The van der Waals surface area contributed by atoms with Crippen LogP contribution in [0.5, 0.6) is 0 Å². The van der Waals surface area contributed by atoms with Crippen LogP contribution < -0.4 is 0 Å². The van der Waals surface area contributed by atoms with Crippen molar-refractivity contribution in [2.75, 3.05) is 39.6 Å². The molecule has 19 heteroatoms. The zero-order valence-corrected chi connectivity index (χ0v) is 65.8. The Hall–Kier alpha value is -4.54. The zero-order valence-electron chi connectivity index (χ0n) is 64.0. The predicted octanol–water partition coefficient (Wildman–Crippen LogP) is 23.1. The number of aliphatic hydroxyl groups is 1. The highest BCUT2D eigenvalue weighted by Gasteiger charge is 2.30. The molecule has 3 N–H and O–H groups in total. The molecule has 0 aromatic heterocycles. The summed E-state index contributed by atoms with van der Waals surface area (Å²) >= 11 is 0. The van der Waals surface area contributed by atoms with E-state index in [1.807, 2.05) is 0 Å². The van der Waals surface area contributed by atoms with Gasteiger partial charge in [0.15, 0.2) is 12.2 Å². The number of hydrogen-bond acceptors (Lipinski definition) is 15. The Kier molecular flexibility index (Phi) is 71.4. The number of esters is 4. The van der Waals surface area contributed by atoms with Gasteiger partial charge in [-0.3, -0.25) is 37.3 Å². The van der Waals surface area contributed by atoms with E-state index in [2.05, 4.69) is 149 Å². The molecule has 0 aliphatic rings. The van der Waals surface area contributed by atoms with E-state index in [0.717, 1.165) is 167 Å². The molecule has 0 saturated heterocycles. The van der Waals surface area contributed by atoms with Crippen molar-refractivity contribution in [3.8, 4) is 0 Å². The summed E-state index contributed by atoms with van der Waals surface area (Å²) in [7, 11) is -9.98. The predicted molar refractivity (Wildman–Crippen MR) is 418 cm³/mol. The fraction of sp³-hybridized carbons (Fsp3) is 0.711. The second-order valence-corrected chi connectivity index (χ2v) is 29.1. The Balaban J connectivity index is 5.42. The Labute approximate surface area is 619 Å². The molecule has 0 aliphatic heterocycles. The number of aliphatic hydroxyl groups excluding tert-OH is 1. The van der Waals surface area contributed by atoms with E-state index >= 15 is 0 Å². The molecule has 102 heavy (non-hydrogen) atoms. The number of phosphoric ester groups is 2. The van der Waals surface area contributed by atoms with E-state index < -0.39 is 97.5 Å². The van der Waals surface area contributed by atoms with Gasteiger partial charge in [0, 0.05) is 25.7 Å². The van der Waals surface area contributed by atoms with E-state index in [0.29, 0.717) is 25.7 Å². The number of phosphoric acid groups is 2. The molecule has 5 unspecified atom stereocenters. The number of rotatable bonds is 74. The first-order chi connectivity index (χ1) is 49.7. The summed E-state index contributed by atoms with van der Waals surface area (Å²) in [4.78, 5) is 73.0. The maximum absolute atomic E-state index is 13.1. The average molecular weight is 1470 g/mol. The van der Waals surface area contributed by atoms with Crippen LogP contribution >= 0.6 is 15.6 Å². The monoisotopic (exact) mass is 1470 g/mol. The third kappa shape index (κ3) is 73.8. The van der Waals surface area contributed by atoms with Gasteiger partial charge in [-0.1, -0.05) is 265 Å². The van der Waals surface area contributed by atoms with Crippen molar-refractivity contribution < 1.29 is 80.2 Å². The van der Waals surface area contributed by atoms with Crippen LogP contribution in [0.25, 0.3) is 0 Å². The number of unbranched alkanes of at least 4 members (excludes halogenated alkanes) is 28. The van der Waals surface area contributed by atoms with E-state index in [4.69, 9.17) is 37.0 Å². The van der Waals surface area contributed by atoms with Crippen LogP contribution in [0.3, 0.4) is 0 Å². The third-order valence-electron chi connectivity index (χ3n) is 16.4. The van der Waals surface area contributed by atoms with Crippen LogP contribution in [0.1, 0.15) is 323 Å². The van der Waals surface area contributed by atoms with Gasteiger partial charge in [0.05, 0.1) is 26.4 Å². The average Bonchev–Trinajstić information content (AvgIpc) is 0.923. The smallest absolute Gasteiger partial charge is 0.462 e. The molecule has 0 radical (unpaired) electrons. The Bertz CT molecular complexity index is 2410. The number of hydrogen-bond donors (Lipinski definition) is 3. The van der Waals surface area contributed by atoms with Crippen LogP contribution in [0.4, 0.5) is 0 Å². The van der Waals surface area contributed by atoms with Gasteiger partial charge in [-0.2, -0.15) is 0 Å². The first kappa shape index (κ1) is 97.5. The molecule has 17 nitrogen and oxygen atoms in total. The number of carbonyl (C=O) groups is 4. The van der Waals surface area contributed by atoms with Crippen molar-refractivity contribution in [1.82, 2.24) is 0 Å². The van der Waals surface area contributed by atoms with Crippen molar-refractivity contribution in [3.63, 3.8) is 0 Å². The lowest BCUT2D eigenvalue weighted by atomic mass is 10.1. The first-order valence-electron chi connectivity index (χ1n) is 39.8. The minimum absolute atomic E-state index is 0.0739. The molecule has 0 saturated carbocycles. The third-order valence-corrected chi connectivity index (χ3v) is 18.3. The highest BCUT2D eigenvalue weighted by atomic mass is 31.2. The molecule has 586 valence electrons. The van der Waals surface area contributed by atoms with Gasteiger partial charge in [0.25, 0.3) is 0 Å². The Morgan fingerprint density at radius 1 is 0.284 bits per heavy atom. The van der Waals surface area contributed by atoms with Crippen LogP contribution in [0.15, 0.2) is 122 Å². The number of ether oxygens (including phenoxy) is 4. The van der Waals surface area contributed by atoms with Gasteiger partial charge in [0.1, 0.15) is 19.3 Å². The van der Waals surface area contributed by atoms with Crippen LogP contribution in [0.2, 0.25) is 0 Å². The lowest BCUT2D eigenvalue weighted by Crippen LogP contribution is -2.30. The molecular formula is C83H142O17P2. The molecular weight excluding hydrogens is 1330 g/mol. The van der Waals surface area contributed by atoms with Gasteiger partial charge >= 0.3 is 39.5 Å². The Morgan fingerprint density at radius 3 is 0.814 bits per heavy atom. The molecule has 0 aliphatic carbocycles. The van der Waals surface area contributed by atoms with Gasteiger partial charge in [-0.05, 0) is 154 Å². The van der Waals surface area contributed by atoms with Crippen molar-refractivity contribution in [1.29, 1.82) is 0 Å². The van der Waals surface area contributed by atoms with Crippen LogP contribution in [0, 0.1) is 0 Å². The lowest BCUT2D eigenvalue weighted by molar-refractivity contribution is -0.161. The summed E-state index contributed by atoms with van der Waals surface area (Å²) in [5.41, 5.74) is 0. The van der Waals surface area contributed by atoms with Crippen molar-refractivity contribution in [2.45, 2.75) is 341 Å². The summed E-state index contributed by atoms with van der Waals surface area (Å²) < 4.78 is 68.5. The van der Waals surface area contributed by atoms with Crippen LogP contribution in [-0.2, 0) is 65.4 Å². The van der Waals surface area contributed by atoms with Crippen molar-refractivity contribution in [3.05, 3.63) is 122 Å². The molecule has 0 rings (SSSR count). The summed E-state index contributed by atoms with van der Waals surface area (Å²) in [6.45, 7) is 4.56. The summed E-state index contributed by atoms with van der Waals surface area (Å²) in [6, 6.07) is 0. The highest BCUT2D eigenvalue weighted by Crippen LogP contribution is 2.45. The Morgan fingerprint density at radius 2 is 0.510 bits per heavy atom. The fourth-order valence-corrected chi connectivity index (χ4v) is 11.9. The molecule has 0 amide bonds. The van der Waals surface area contributed by atoms with E-state index in [-0.39, 0.29) is 25.7 Å². The number of allylic oxidation sites excluding steroid dienone is 20. The lowest BCUT2D eigenvalue weighted by Gasteiger charge is -2.21. The quantitative estimate of drug-likeness (QED) is 0.0169. The molecule has 0 aromatic rings. The van der Waals surface area contributed by atoms with E-state index in [1.54, 1.807) is 0 Å². The molecule has 5 atom stereocenters. The van der Waals surface area contributed by atoms with Crippen LogP contribution in [-0.4, -0.2) is 96.7 Å². The molecule has 0 bridgehead atoms. The maximum atomic E-state index is 13.1. The van der Waals surface area contributed by atoms with Crippen molar-refractivity contribution >= 4 is 39.5 Å². The van der Waals surface area contributed by atoms with Gasteiger partial charge < -0.3 is 33.8 Å². The zero-order chi connectivity index (χ0) is 74.6. The molecule has 0 heterocycles.